The minimum Gasteiger partial charge on any atom is -0.361 e. The number of aromatic nitrogens is 1. The molecule has 1 saturated heterocycles. The molecule has 3 rings (SSSR count). The molecule has 2 heterocycles. The van der Waals surface area contributed by atoms with Gasteiger partial charge in [-0.3, -0.25) is 4.79 Å². The van der Waals surface area contributed by atoms with E-state index in [9.17, 15) is 4.79 Å². The number of hydrogen-bond acceptors (Lipinski definition) is 3. The first-order valence-corrected chi connectivity index (χ1v) is 6.96. The summed E-state index contributed by atoms with van der Waals surface area (Å²) in [5.41, 5.74) is 2.83. The molecule has 1 aromatic heterocycles. The van der Waals surface area contributed by atoms with Crippen molar-refractivity contribution in [3.05, 3.63) is 52.9 Å². The van der Waals surface area contributed by atoms with Crippen LogP contribution in [0.4, 0.5) is 0 Å². The van der Waals surface area contributed by atoms with Crippen LogP contribution in [0, 0.1) is 13.8 Å². The zero-order valence-corrected chi connectivity index (χ0v) is 11.8. The number of carbonyl (C=O) groups excluding carboxylic acids is 1. The Morgan fingerprint density at radius 3 is 2.70 bits per heavy atom. The molecule has 4 nitrogen and oxygen atoms in total. The average Bonchev–Trinajstić information content (AvgIpc) is 3.07. The number of carbonyl (C=O) groups is 1. The van der Waals surface area contributed by atoms with E-state index in [-0.39, 0.29) is 11.9 Å². The normalized spacial score (nSPS) is 18.5. The topological polar surface area (TPSA) is 46.3 Å². The molecular weight excluding hydrogens is 252 g/mol. The molecule has 20 heavy (non-hydrogen) atoms. The number of hydrogen-bond donors (Lipinski definition) is 0. The van der Waals surface area contributed by atoms with Gasteiger partial charge in [0.1, 0.15) is 5.76 Å². The highest BCUT2D eigenvalue weighted by molar-refractivity contribution is 5.92. The van der Waals surface area contributed by atoms with E-state index in [4.69, 9.17) is 4.52 Å². The number of nitrogens with zero attached hydrogens (tertiary/aromatic N) is 2. The van der Waals surface area contributed by atoms with Crippen LogP contribution in [-0.4, -0.2) is 22.5 Å². The molecule has 1 aromatic carbocycles. The maximum atomic E-state index is 12.5. The number of aryl methyl sites for hydroxylation is 2. The van der Waals surface area contributed by atoms with Crippen molar-refractivity contribution in [2.45, 2.75) is 32.7 Å². The largest absolute Gasteiger partial charge is 0.361 e. The summed E-state index contributed by atoms with van der Waals surface area (Å²) in [6.45, 7) is 4.65. The summed E-state index contributed by atoms with van der Waals surface area (Å²) in [6, 6.07) is 10.3. The minimum absolute atomic E-state index is 0.0371. The molecule has 0 aliphatic carbocycles. The molecule has 2 aromatic rings. The minimum atomic E-state index is -0.0371. The van der Waals surface area contributed by atoms with E-state index < -0.39 is 0 Å². The SMILES string of the molecule is Cc1ccc(C2CCCN2C(=O)c2cc(C)on2)cc1. The summed E-state index contributed by atoms with van der Waals surface area (Å²) in [4.78, 5) is 14.4. The van der Waals surface area contributed by atoms with Crippen molar-refractivity contribution in [2.75, 3.05) is 6.54 Å². The first-order chi connectivity index (χ1) is 9.65. The van der Waals surface area contributed by atoms with Gasteiger partial charge in [0.15, 0.2) is 5.69 Å². The van der Waals surface area contributed by atoms with Gasteiger partial charge in [0.25, 0.3) is 5.91 Å². The molecule has 104 valence electrons. The van der Waals surface area contributed by atoms with E-state index >= 15 is 0 Å². The van der Waals surface area contributed by atoms with Gasteiger partial charge in [-0.05, 0) is 32.3 Å². The monoisotopic (exact) mass is 270 g/mol. The number of rotatable bonds is 2. The fourth-order valence-electron chi connectivity index (χ4n) is 2.76. The van der Waals surface area contributed by atoms with Crippen molar-refractivity contribution in [3.8, 4) is 0 Å². The van der Waals surface area contributed by atoms with E-state index in [0.717, 1.165) is 19.4 Å². The Labute approximate surface area is 118 Å². The molecule has 0 bridgehead atoms. The Bertz CT molecular complexity index is 616. The molecule has 1 unspecified atom stereocenters. The summed E-state index contributed by atoms with van der Waals surface area (Å²) >= 11 is 0. The van der Waals surface area contributed by atoms with Crippen LogP contribution in [-0.2, 0) is 0 Å². The molecular formula is C16H18N2O2. The lowest BCUT2D eigenvalue weighted by Gasteiger charge is -2.24. The van der Waals surface area contributed by atoms with E-state index in [1.165, 1.54) is 11.1 Å². The standard InChI is InChI=1S/C16H18N2O2/c1-11-5-7-13(8-6-11)15-4-3-9-18(15)16(19)14-10-12(2)20-17-14/h5-8,10,15H,3-4,9H2,1-2H3. The van der Waals surface area contributed by atoms with Gasteiger partial charge in [-0.1, -0.05) is 35.0 Å². The van der Waals surface area contributed by atoms with E-state index in [2.05, 4.69) is 36.3 Å². The van der Waals surface area contributed by atoms with Crippen LogP contribution >= 0.6 is 0 Å². The highest BCUT2D eigenvalue weighted by Gasteiger charge is 2.31. The summed E-state index contributed by atoms with van der Waals surface area (Å²) in [6.07, 6.45) is 2.03. The van der Waals surface area contributed by atoms with Crippen molar-refractivity contribution >= 4 is 5.91 Å². The summed E-state index contributed by atoms with van der Waals surface area (Å²) in [5, 5.41) is 3.84. The fourth-order valence-corrected chi connectivity index (χ4v) is 2.76. The van der Waals surface area contributed by atoms with Gasteiger partial charge in [-0.2, -0.15) is 0 Å². The third-order valence-electron chi connectivity index (χ3n) is 3.82. The Morgan fingerprint density at radius 1 is 1.30 bits per heavy atom. The molecule has 0 radical (unpaired) electrons. The smallest absolute Gasteiger partial charge is 0.276 e. The molecule has 1 fully saturated rings. The molecule has 1 atom stereocenters. The predicted molar refractivity (Wildman–Crippen MR) is 75.4 cm³/mol. The van der Waals surface area contributed by atoms with Crippen LogP contribution in [0.3, 0.4) is 0 Å². The predicted octanol–water partition coefficient (Wildman–Crippen LogP) is 3.27. The van der Waals surface area contributed by atoms with Crippen molar-refractivity contribution in [2.24, 2.45) is 0 Å². The second kappa shape index (κ2) is 5.12. The number of likely N-dealkylation sites (tertiary alicyclic amines) is 1. The van der Waals surface area contributed by atoms with E-state index in [1.54, 1.807) is 13.0 Å². The zero-order valence-electron chi connectivity index (χ0n) is 11.8. The first kappa shape index (κ1) is 12.9. The van der Waals surface area contributed by atoms with Crippen molar-refractivity contribution in [1.29, 1.82) is 0 Å². The van der Waals surface area contributed by atoms with Crippen molar-refractivity contribution < 1.29 is 9.32 Å². The number of amides is 1. The maximum absolute atomic E-state index is 12.5. The van der Waals surface area contributed by atoms with Gasteiger partial charge in [-0.25, -0.2) is 0 Å². The molecule has 4 heteroatoms. The fraction of sp³-hybridized carbons (Fsp3) is 0.375. The molecule has 1 aliphatic rings. The van der Waals surface area contributed by atoms with Crippen LogP contribution in [0.15, 0.2) is 34.9 Å². The molecule has 0 N–H and O–H groups in total. The second-order valence-corrected chi connectivity index (χ2v) is 5.39. The zero-order chi connectivity index (χ0) is 14.1. The number of benzene rings is 1. The quantitative estimate of drug-likeness (QED) is 0.841. The molecule has 1 amide bonds. The Hall–Kier alpha value is -2.10. The summed E-state index contributed by atoms with van der Waals surface area (Å²) < 4.78 is 5.00. The Kier molecular flexibility index (Phi) is 3.30. The lowest BCUT2D eigenvalue weighted by molar-refractivity contribution is 0.0725. The van der Waals surface area contributed by atoms with Gasteiger partial charge in [0.2, 0.25) is 0 Å². The summed E-state index contributed by atoms with van der Waals surface area (Å²) in [7, 11) is 0. The highest BCUT2D eigenvalue weighted by atomic mass is 16.5. The molecule has 0 spiro atoms. The van der Waals surface area contributed by atoms with Crippen LogP contribution < -0.4 is 0 Å². The average molecular weight is 270 g/mol. The van der Waals surface area contributed by atoms with E-state index in [0.29, 0.717) is 11.5 Å². The van der Waals surface area contributed by atoms with Gasteiger partial charge in [0.05, 0.1) is 6.04 Å². The Balaban J connectivity index is 1.85. The second-order valence-electron chi connectivity index (χ2n) is 5.39. The summed E-state index contributed by atoms with van der Waals surface area (Å²) in [5.74, 6) is 0.629. The van der Waals surface area contributed by atoms with Crippen molar-refractivity contribution in [3.63, 3.8) is 0 Å². The molecule has 1 aliphatic heterocycles. The van der Waals surface area contributed by atoms with Crippen LogP contribution in [0.25, 0.3) is 0 Å². The lowest BCUT2D eigenvalue weighted by Crippen LogP contribution is -2.30. The van der Waals surface area contributed by atoms with Crippen LogP contribution in [0.1, 0.15) is 46.3 Å². The van der Waals surface area contributed by atoms with Crippen LogP contribution in [0.2, 0.25) is 0 Å². The van der Waals surface area contributed by atoms with Crippen LogP contribution in [0.5, 0.6) is 0 Å². The van der Waals surface area contributed by atoms with Gasteiger partial charge in [-0.15, -0.1) is 0 Å². The third kappa shape index (κ3) is 2.33. The molecule has 0 saturated carbocycles. The van der Waals surface area contributed by atoms with Gasteiger partial charge < -0.3 is 9.42 Å². The van der Waals surface area contributed by atoms with Gasteiger partial charge in [0, 0.05) is 12.6 Å². The maximum Gasteiger partial charge on any atom is 0.276 e. The van der Waals surface area contributed by atoms with E-state index in [1.807, 2.05) is 4.90 Å². The van der Waals surface area contributed by atoms with Crippen molar-refractivity contribution in [1.82, 2.24) is 10.1 Å². The lowest BCUT2D eigenvalue weighted by atomic mass is 10.0. The first-order valence-electron chi connectivity index (χ1n) is 6.96. The third-order valence-corrected chi connectivity index (χ3v) is 3.82. The Morgan fingerprint density at radius 2 is 2.05 bits per heavy atom. The van der Waals surface area contributed by atoms with Gasteiger partial charge >= 0.3 is 0 Å². The highest BCUT2D eigenvalue weighted by Crippen LogP contribution is 2.33.